The summed E-state index contributed by atoms with van der Waals surface area (Å²) in [6.07, 6.45) is 0.365. The van der Waals surface area contributed by atoms with Crippen LogP contribution in [0.2, 0.25) is 0 Å². The van der Waals surface area contributed by atoms with Gasteiger partial charge in [0.15, 0.2) is 0 Å². The maximum absolute atomic E-state index is 10.4. The van der Waals surface area contributed by atoms with Gasteiger partial charge in [-0.25, -0.2) is 0 Å². The third-order valence-electron chi connectivity index (χ3n) is 1.07. The molecule has 1 amide bonds. The van der Waals surface area contributed by atoms with E-state index in [-0.39, 0.29) is 11.2 Å². The van der Waals surface area contributed by atoms with E-state index in [0.29, 0.717) is 18.7 Å². The normalized spacial score (nSPS) is 12.5. The fourth-order valence-corrected chi connectivity index (χ4v) is 1.50. The van der Waals surface area contributed by atoms with Crippen molar-refractivity contribution in [1.82, 2.24) is 0 Å². The van der Waals surface area contributed by atoms with Gasteiger partial charge < -0.3 is 5.73 Å². The number of primary amides is 1. The molecule has 0 aromatic heterocycles. The van der Waals surface area contributed by atoms with E-state index >= 15 is 0 Å². The van der Waals surface area contributed by atoms with Crippen LogP contribution < -0.4 is 5.73 Å². The molecule has 0 saturated carbocycles. The van der Waals surface area contributed by atoms with Crippen molar-refractivity contribution in [1.29, 1.82) is 0 Å². The number of hydrogen-bond donors (Lipinski definition) is 1. The van der Waals surface area contributed by atoms with Crippen molar-refractivity contribution in [2.45, 2.75) is 18.6 Å². The van der Waals surface area contributed by atoms with E-state index in [0.717, 1.165) is 0 Å². The van der Waals surface area contributed by atoms with Gasteiger partial charge in [0.2, 0.25) is 5.91 Å². The lowest BCUT2D eigenvalue weighted by Crippen LogP contribution is -2.16. The molecule has 0 aliphatic carbocycles. The molecular weight excluding hydrogens is 164 g/mol. The predicted molar refractivity (Wildman–Crippen MR) is 46.4 cm³/mol. The van der Waals surface area contributed by atoms with E-state index in [1.54, 1.807) is 0 Å². The topological polar surface area (TPSA) is 72.5 Å². The van der Waals surface area contributed by atoms with Gasteiger partial charge in [-0.3, -0.25) is 4.79 Å². The lowest BCUT2D eigenvalue weighted by molar-refractivity contribution is -0.117. The summed E-state index contributed by atoms with van der Waals surface area (Å²) in [7, 11) is 0. The van der Waals surface area contributed by atoms with E-state index in [4.69, 9.17) is 5.73 Å². The van der Waals surface area contributed by atoms with Crippen LogP contribution in [0.25, 0.3) is 0 Å². The Morgan fingerprint density at radius 3 is 2.82 bits per heavy atom. The Labute approximate surface area is 69.9 Å². The Morgan fingerprint density at radius 1 is 1.73 bits per heavy atom. The number of amides is 1. The molecule has 64 valence electrons. The SMILES string of the molecule is CC(CC(N)=O)SCCN=O. The van der Waals surface area contributed by atoms with Crippen molar-refractivity contribution in [2.75, 3.05) is 12.3 Å². The molecule has 0 aliphatic rings. The minimum atomic E-state index is -0.302. The van der Waals surface area contributed by atoms with E-state index in [2.05, 4.69) is 5.18 Å². The molecule has 2 N–H and O–H groups in total. The van der Waals surface area contributed by atoms with Crippen LogP contribution in [-0.2, 0) is 4.79 Å². The smallest absolute Gasteiger partial charge is 0.218 e. The van der Waals surface area contributed by atoms with Crippen LogP contribution in [0.15, 0.2) is 5.18 Å². The van der Waals surface area contributed by atoms with Crippen LogP contribution >= 0.6 is 11.8 Å². The van der Waals surface area contributed by atoms with Crippen LogP contribution in [-0.4, -0.2) is 23.5 Å². The lowest BCUT2D eigenvalue weighted by atomic mass is 10.3. The molecule has 0 heterocycles. The van der Waals surface area contributed by atoms with E-state index in [1.807, 2.05) is 6.92 Å². The van der Waals surface area contributed by atoms with Crippen LogP contribution in [0.1, 0.15) is 13.3 Å². The molecule has 4 nitrogen and oxygen atoms in total. The summed E-state index contributed by atoms with van der Waals surface area (Å²) in [6, 6.07) is 0. The fourth-order valence-electron chi connectivity index (χ4n) is 0.633. The van der Waals surface area contributed by atoms with Gasteiger partial charge in [0, 0.05) is 17.4 Å². The average molecular weight is 176 g/mol. The first kappa shape index (κ1) is 10.4. The Bertz CT molecular complexity index is 141. The molecule has 1 atom stereocenters. The highest BCUT2D eigenvalue weighted by Crippen LogP contribution is 2.12. The number of carbonyl (C=O) groups excluding carboxylic acids is 1. The minimum Gasteiger partial charge on any atom is -0.370 e. The summed E-state index contributed by atoms with van der Waals surface area (Å²) in [5.74, 6) is 0.363. The molecule has 0 bridgehead atoms. The number of nitrogens with zero attached hydrogens (tertiary/aromatic N) is 1. The summed E-state index contributed by atoms with van der Waals surface area (Å²) in [5.41, 5.74) is 4.96. The van der Waals surface area contributed by atoms with Gasteiger partial charge in [-0.15, -0.1) is 0 Å². The predicted octanol–water partition coefficient (Wildman–Crippen LogP) is 0.750. The van der Waals surface area contributed by atoms with Gasteiger partial charge in [-0.1, -0.05) is 12.1 Å². The largest absolute Gasteiger partial charge is 0.370 e. The highest BCUT2D eigenvalue weighted by molar-refractivity contribution is 7.99. The Hall–Kier alpha value is -0.580. The van der Waals surface area contributed by atoms with Crippen LogP contribution in [0, 0.1) is 4.91 Å². The second-order valence-electron chi connectivity index (χ2n) is 2.20. The molecule has 0 fully saturated rings. The van der Waals surface area contributed by atoms with Gasteiger partial charge in [0.25, 0.3) is 0 Å². The van der Waals surface area contributed by atoms with Gasteiger partial charge in [0.05, 0.1) is 6.54 Å². The van der Waals surface area contributed by atoms with Gasteiger partial charge >= 0.3 is 0 Å². The molecule has 0 aromatic carbocycles. The van der Waals surface area contributed by atoms with Crippen LogP contribution in [0.4, 0.5) is 0 Å². The van der Waals surface area contributed by atoms with Crippen molar-refractivity contribution < 1.29 is 4.79 Å². The molecule has 11 heavy (non-hydrogen) atoms. The first-order chi connectivity index (χ1) is 5.16. The molecule has 0 aliphatic heterocycles. The number of carbonyl (C=O) groups is 1. The van der Waals surface area contributed by atoms with Crippen LogP contribution in [0.3, 0.4) is 0 Å². The summed E-state index contributed by atoms with van der Waals surface area (Å²) in [6.45, 7) is 2.20. The average Bonchev–Trinajstić information content (AvgIpc) is 1.86. The molecule has 0 saturated heterocycles. The molecule has 1 unspecified atom stereocenters. The summed E-state index contributed by atoms with van der Waals surface area (Å²) < 4.78 is 0. The maximum Gasteiger partial charge on any atom is 0.218 e. The zero-order valence-electron chi connectivity index (χ0n) is 6.45. The number of rotatable bonds is 6. The zero-order valence-corrected chi connectivity index (χ0v) is 7.26. The highest BCUT2D eigenvalue weighted by Gasteiger charge is 2.05. The zero-order chi connectivity index (χ0) is 8.69. The first-order valence-electron chi connectivity index (χ1n) is 3.36. The highest BCUT2D eigenvalue weighted by atomic mass is 32.2. The second-order valence-corrected chi connectivity index (χ2v) is 3.75. The molecular formula is C6H12N2O2S. The number of nitroso groups, excluding NO2 is 1. The number of hydrogen-bond acceptors (Lipinski definition) is 4. The van der Waals surface area contributed by atoms with Crippen molar-refractivity contribution in [3.8, 4) is 0 Å². The second kappa shape index (κ2) is 6.15. The quantitative estimate of drug-likeness (QED) is 0.479. The van der Waals surface area contributed by atoms with Crippen molar-refractivity contribution >= 4 is 17.7 Å². The summed E-state index contributed by atoms with van der Waals surface area (Å²) in [5, 5.41) is 2.89. The van der Waals surface area contributed by atoms with Gasteiger partial charge in [-0.2, -0.15) is 16.7 Å². The molecule has 0 rings (SSSR count). The van der Waals surface area contributed by atoms with E-state index < -0.39 is 0 Å². The maximum atomic E-state index is 10.4. The first-order valence-corrected chi connectivity index (χ1v) is 4.40. The monoisotopic (exact) mass is 176 g/mol. The standard InChI is InChI=1S/C6H12N2O2S/c1-5(4-6(7)9)11-3-2-8-10/h5H,2-4H2,1H3,(H2,7,9). The summed E-state index contributed by atoms with van der Waals surface area (Å²) in [4.78, 5) is 20.0. The Balaban J connectivity index is 3.28. The van der Waals surface area contributed by atoms with Crippen molar-refractivity contribution in [3.05, 3.63) is 4.91 Å². The van der Waals surface area contributed by atoms with Crippen molar-refractivity contribution in [3.63, 3.8) is 0 Å². The number of nitrogens with two attached hydrogens (primary N) is 1. The van der Waals surface area contributed by atoms with E-state index in [1.165, 1.54) is 11.8 Å². The molecule has 0 radical (unpaired) electrons. The third-order valence-corrected chi connectivity index (χ3v) is 2.23. The molecule has 5 heteroatoms. The lowest BCUT2D eigenvalue weighted by Gasteiger charge is -2.05. The van der Waals surface area contributed by atoms with E-state index in [9.17, 15) is 9.70 Å². The third kappa shape index (κ3) is 7.32. The number of thioether (sulfide) groups is 1. The Kier molecular flexibility index (Phi) is 5.83. The minimum absolute atomic E-state index is 0.189. The Morgan fingerprint density at radius 2 is 2.36 bits per heavy atom. The molecule has 0 spiro atoms. The van der Waals surface area contributed by atoms with Gasteiger partial charge in [-0.05, 0) is 0 Å². The van der Waals surface area contributed by atoms with Crippen LogP contribution in [0.5, 0.6) is 0 Å². The van der Waals surface area contributed by atoms with Crippen molar-refractivity contribution in [2.24, 2.45) is 10.9 Å². The summed E-state index contributed by atoms with van der Waals surface area (Å²) >= 11 is 1.53. The molecule has 0 aromatic rings. The fraction of sp³-hybridized carbons (Fsp3) is 0.833. The van der Waals surface area contributed by atoms with Gasteiger partial charge in [0.1, 0.15) is 0 Å².